The molecule has 3 rings (SSSR count). The molecular weight excluding hydrogens is 316 g/mol. The molecule has 0 aliphatic carbocycles. The summed E-state index contributed by atoms with van der Waals surface area (Å²) in [6, 6.07) is 13.4. The van der Waals surface area contributed by atoms with Gasteiger partial charge in [-0.2, -0.15) is 0 Å². The van der Waals surface area contributed by atoms with Gasteiger partial charge < -0.3 is 20.2 Å². The fraction of sp³-hybridized carbons (Fsp3) is 0.200. The maximum atomic E-state index is 9.70. The minimum absolute atomic E-state index is 0.235. The fourth-order valence-corrected chi connectivity index (χ4v) is 2.71. The van der Waals surface area contributed by atoms with Gasteiger partial charge in [0.2, 0.25) is 0 Å². The summed E-state index contributed by atoms with van der Waals surface area (Å²) in [6.07, 6.45) is 2.56. The molecule has 130 valence electrons. The molecule has 0 aliphatic rings. The van der Waals surface area contributed by atoms with Crippen molar-refractivity contribution >= 4 is 22.6 Å². The van der Waals surface area contributed by atoms with E-state index in [0.29, 0.717) is 12.1 Å². The standard InChI is InChI=1S/C18H18N2O.C2H4O2/c1-12-5-3-4-6-13(12)9-17(19)16-11-20(2)18-8-7-14(21)10-15(16)18;1-2(3)4/h3-8,10-11,19,21H,9H2,1-2H3;1H3,(H,3,4). The lowest BCUT2D eigenvalue weighted by Crippen LogP contribution is -2.04. The first-order valence-electron chi connectivity index (χ1n) is 7.89. The van der Waals surface area contributed by atoms with E-state index >= 15 is 0 Å². The van der Waals surface area contributed by atoms with E-state index in [9.17, 15) is 5.11 Å². The van der Waals surface area contributed by atoms with Crippen LogP contribution in [0.5, 0.6) is 5.75 Å². The van der Waals surface area contributed by atoms with Gasteiger partial charge in [-0.05, 0) is 36.2 Å². The van der Waals surface area contributed by atoms with E-state index in [2.05, 4.69) is 19.1 Å². The smallest absolute Gasteiger partial charge is 0.300 e. The number of phenolic OH excluding ortho intramolecular Hbond substituents is 1. The third-order valence-electron chi connectivity index (χ3n) is 3.93. The Kier molecular flexibility index (Phi) is 5.60. The number of aromatic nitrogens is 1. The molecule has 0 radical (unpaired) electrons. The van der Waals surface area contributed by atoms with Crippen molar-refractivity contribution in [2.75, 3.05) is 0 Å². The van der Waals surface area contributed by atoms with E-state index in [-0.39, 0.29) is 5.75 Å². The molecule has 1 heterocycles. The van der Waals surface area contributed by atoms with Crippen LogP contribution in [0.2, 0.25) is 0 Å². The number of carbonyl (C=O) groups is 1. The summed E-state index contributed by atoms with van der Waals surface area (Å²) < 4.78 is 2.00. The number of hydrogen-bond acceptors (Lipinski definition) is 3. The molecule has 0 amide bonds. The van der Waals surface area contributed by atoms with Crippen LogP contribution in [-0.4, -0.2) is 26.5 Å². The Morgan fingerprint density at radius 1 is 1.20 bits per heavy atom. The van der Waals surface area contributed by atoms with Gasteiger partial charge in [-0.3, -0.25) is 4.79 Å². The first kappa shape index (κ1) is 18.3. The summed E-state index contributed by atoms with van der Waals surface area (Å²) in [5.74, 6) is -0.598. The van der Waals surface area contributed by atoms with Gasteiger partial charge in [0.05, 0.1) is 0 Å². The molecular formula is C20H22N2O3. The van der Waals surface area contributed by atoms with Crippen molar-refractivity contribution in [3.8, 4) is 5.75 Å². The molecule has 0 saturated heterocycles. The minimum Gasteiger partial charge on any atom is -0.508 e. The second kappa shape index (κ2) is 7.66. The lowest BCUT2D eigenvalue weighted by Gasteiger charge is -2.06. The molecule has 3 N–H and O–H groups in total. The zero-order valence-electron chi connectivity index (χ0n) is 14.6. The highest BCUT2D eigenvalue weighted by atomic mass is 16.4. The van der Waals surface area contributed by atoms with Gasteiger partial charge in [0.1, 0.15) is 5.75 Å². The third-order valence-corrected chi connectivity index (χ3v) is 3.93. The highest BCUT2D eigenvalue weighted by Crippen LogP contribution is 2.26. The van der Waals surface area contributed by atoms with E-state index in [1.165, 1.54) is 11.1 Å². The largest absolute Gasteiger partial charge is 0.508 e. The van der Waals surface area contributed by atoms with Gasteiger partial charge in [0, 0.05) is 48.8 Å². The molecule has 0 spiro atoms. The van der Waals surface area contributed by atoms with Crippen LogP contribution >= 0.6 is 0 Å². The van der Waals surface area contributed by atoms with Gasteiger partial charge in [0.15, 0.2) is 0 Å². The number of aliphatic carboxylic acids is 1. The molecule has 5 nitrogen and oxygen atoms in total. The summed E-state index contributed by atoms with van der Waals surface area (Å²) in [7, 11) is 1.96. The predicted molar refractivity (Wildman–Crippen MR) is 99.6 cm³/mol. The van der Waals surface area contributed by atoms with Crippen molar-refractivity contribution in [2.45, 2.75) is 20.3 Å². The third kappa shape index (κ3) is 4.47. The lowest BCUT2D eigenvalue weighted by molar-refractivity contribution is -0.134. The first-order valence-corrected chi connectivity index (χ1v) is 7.89. The summed E-state index contributed by atoms with van der Waals surface area (Å²) in [5, 5.41) is 26.5. The molecule has 0 aliphatic heterocycles. The Morgan fingerprint density at radius 2 is 1.84 bits per heavy atom. The normalized spacial score (nSPS) is 10.2. The summed E-state index contributed by atoms with van der Waals surface area (Å²) in [4.78, 5) is 9.00. The van der Waals surface area contributed by atoms with Crippen LogP contribution in [0.1, 0.15) is 23.6 Å². The van der Waals surface area contributed by atoms with Gasteiger partial charge in [0.25, 0.3) is 5.97 Å². The van der Waals surface area contributed by atoms with Gasteiger partial charge in [-0.25, -0.2) is 0 Å². The van der Waals surface area contributed by atoms with Crippen LogP contribution in [0.25, 0.3) is 10.9 Å². The predicted octanol–water partition coefficient (Wildman–Crippen LogP) is 3.89. The van der Waals surface area contributed by atoms with E-state index in [0.717, 1.165) is 23.4 Å². The number of nitrogens with one attached hydrogen (secondary N) is 1. The zero-order chi connectivity index (χ0) is 18.6. The fourth-order valence-electron chi connectivity index (χ4n) is 2.71. The molecule has 0 bridgehead atoms. The molecule has 0 fully saturated rings. The molecule has 3 aromatic rings. The van der Waals surface area contributed by atoms with Crippen molar-refractivity contribution in [2.24, 2.45) is 7.05 Å². The molecule has 0 unspecified atom stereocenters. The summed E-state index contributed by atoms with van der Waals surface area (Å²) >= 11 is 0. The topological polar surface area (TPSA) is 86.3 Å². The molecule has 5 heteroatoms. The number of aromatic hydroxyl groups is 1. The average molecular weight is 338 g/mol. The number of hydrogen-bond donors (Lipinski definition) is 3. The van der Waals surface area contributed by atoms with Crippen LogP contribution in [-0.2, 0) is 18.3 Å². The number of benzene rings is 2. The molecule has 0 saturated carbocycles. The first-order chi connectivity index (χ1) is 11.8. The lowest BCUT2D eigenvalue weighted by atomic mass is 9.98. The van der Waals surface area contributed by atoms with Crippen molar-refractivity contribution in [1.82, 2.24) is 4.57 Å². The number of phenols is 1. The Morgan fingerprint density at radius 3 is 2.48 bits per heavy atom. The summed E-state index contributed by atoms with van der Waals surface area (Å²) in [5.41, 5.74) is 4.84. The Labute approximate surface area is 146 Å². The van der Waals surface area contributed by atoms with Crippen LogP contribution in [0.4, 0.5) is 0 Å². The van der Waals surface area contributed by atoms with Crippen molar-refractivity contribution < 1.29 is 15.0 Å². The van der Waals surface area contributed by atoms with E-state index in [1.807, 2.05) is 36.0 Å². The number of carboxylic acids is 1. The Hall–Kier alpha value is -3.08. The maximum absolute atomic E-state index is 9.70. The van der Waals surface area contributed by atoms with E-state index in [1.54, 1.807) is 12.1 Å². The van der Waals surface area contributed by atoms with Gasteiger partial charge in [-0.1, -0.05) is 24.3 Å². The van der Waals surface area contributed by atoms with Gasteiger partial charge >= 0.3 is 0 Å². The molecule has 2 aromatic carbocycles. The second-order valence-electron chi connectivity index (χ2n) is 5.96. The van der Waals surface area contributed by atoms with Crippen molar-refractivity contribution in [1.29, 1.82) is 5.41 Å². The maximum Gasteiger partial charge on any atom is 0.300 e. The van der Waals surface area contributed by atoms with Crippen LogP contribution in [0.3, 0.4) is 0 Å². The van der Waals surface area contributed by atoms with Crippen molar-refractivity contribution in [3.05, 3.63) is 65.4 Å². The average Bonchev–Trinajstić information content (AvgIpc) is 2.85. The monoisotopic (exact) mass is 338 g/mol. The number of nitrogens with zero attached hydrogens (tertiary/aromatic N) is 1. The Balaban J connectivity index is 0.000000511. The number of carboxylic acid groups (broad SMARTS) is 1. The number of aryl methyl sites for hydroxylation is 2. The number of fused-ring (bicyclic) bond motifs is 1. The molecule has 25 heavy (non-hydrogen) atoms. The van der Waals surface area contributed by atoms with Gasteiger partial charge in [-0.15, -0.1) is 0 Å². The quantitative estimate of drug-likeness (QED) is 0.633. The van der Waals surface area contributed by atoms with Crippen LogP contribution in [0.15, 0.2) is 48.7 Å². The number of rotatable bonds is 3. The zero-order valence-corrected chi connectivity index (χ0v) is 14.6. The molecule has 0 atom stereocenters. The second-order valence-corrected chi connectivity index (χ2v) is 5.96. The molecule has 1 aromatic heterocycles. The van der Waals surface area contributed by atoms with Crippen LogP contribution in [0, 0.1) is 12.3 Å². The SMILES string of the molecule is CC(=O)O.Cc1ccccc1CC(=N)c1cn(C)c2ccc(O)cc12. The highest BCUT2D eigenvalue weighted by Gasteiger charge is 2.12. The minimum atomic E-state index is -0.833. The Bertz CT molecular complexity index is 922. The van der Waals surface area contributed by atoms with Crippen LogP contribution < -0.4 is 0 Å². The summed E-state index contributed by atoms with van der Waals surface area (Å²) in [6.45, 7) is 3.15. The van der Waals surface area contributed by atoms with Crippen molar-refractivity contribution in [3.63, 3.8) is 0 Å². The van der Waals surface area contributed by atoms with E-state index in [4.69, 9.17) is 15.3 Å². The van der Waals surface area contributed by atoms with E-state index < -0.39 is 5.97 Å². The highest BCUT2D eigenvalue weighted by molar-refractivity contribution is 6.10.